The Hall–Kier alpha value is -1.13. The van der Waals surface area contributed by atoms with Gasteiger partial charge in [0, 0.05) is 6.54 Å². The average molecular weight is 263 g/mol. The number of carbonyl (C=O) groups excluding carboxylic acids is 1. The Kier molecular flexibility index (Phi) is 2.99. The van der Waals surface area contributed by atoms with E-state index in [1.54, 1.807) is 11.3 Å². The first kappa shape index (κ1) is 11.0. The highest BCUT2D eigenvalue weighted by atomic mass is 32.1. The summed E-state index contributed by atoms with van der Waals surface area (Å²) in [6, 6.07) is 6.27. The Balaban J connectivity index is 1.85. The largest absolute Gasteiger partial charge is 0.331 e. The van der Waals surface area contributed by atoms with Crippen molar-refractivity contribution in [3.05, 3.63) is 44.8 Å². The topological polar surface area (TPSA) is 20.3 Å². The molecule has 0 saturated carbocycles. The van der Waals surface area contributed by atoms with Crippen molar-refractivity contribution >= 4 is 28.6 Å². The van der Waals surface area contributed by atoms with Gasteiger partial charge in [-0.25, -0.2) is 0 Å². The van der Waals surface area contributed by atoms with Crippen molar-refractivity contribution in [1.82, 2.24) is 4.90 Å². The molecule has 1 atom stereocenters. The highest BCUT2D eigenvalue weighted by Crippen LogP contribution is 2.34. The molecule has 88 valence electrons. The molecule has 0 N–H and O–H groups in total. The third-order valence-corrected chi connectivity index (χ3v) is 4.73. The van der Waals surface area contributed by atoms with E-state index in [9.17, 15) is 4.79 Å². The molecule has 0 spiro atoms. The third kappa shape index (κ3) is 2.03. The van der Waals surface area contributed by atoms with Gasteiger partial charge in [0.25, 0.3) is 5.91 Å². The van der Waals surface area contributed by atoms with Crippen LogP contribution >= 0.6 is 22.7 Å². The van der Waals surface area contributed by atoms with Crippen LogP contribution in [0.5, 0.6) is 0 Å². The second-order valence-electron chi connectivity index (χ2n) is 4.19. The Morgan fingerprint density at radius 2 is 2.29 bits per heavy atom. The number of thiophene rings is 2. The lowest BCUT2D eigenvalue weighted by Gasteiger charge is -2.23. The van der Waals surface area contributed by atoms with Gasteiger partial charge < -0.3 is 4.90 Å². The molecule has 3 rings (SSSR count). The first-order valence-corrected chi connectivity index (χ1v) is 7.55. The quantitative estimate of drug-likeness (QED) is 0.807. The van der Waals surface area contributed by atoms with Crippen LogP contribution in [-0.4, -0.2) is 17.4 Å². The van der Waals surface area contributed by atoms with Gasteiger partial charge in [-0.3, -0.25) is 4.79 Å². The van der Waals surface area contributed by atoms with Crippen LogP contribution in [0.15, 0.2) is 34.3 Å². The van der Waals surface area contributed by atoms with Crippen LogP contribution < -0.4 is 0 Å². The van der Waals surface area contributed by atoms with Gasteiger partial charge in [-0.2, -0.15) is 11.3 Å². The molecular formula is C13H13NOS2. The summed E-state index contributed by atoms with van der Waals surface area (Å²) in [7, 11) is 0. The SMILES string of the molecule is O=C(c1cccs1)N1CCC[C@@H]1c1ccsc1. The minimum absolute atomic E-state index is 0.189. The zero-order chi connectivity index (χ0) is 11.7. The van der Waals surface area contributed by atoms with Gasteiger partial charge in [-0.15, -0.1) is 11.3 Å². The van der Waals surface area contributed by atoms with Gasteiger partial charge >= 0.3 is 0 Å². The molecule has 1 saturated heterocycles. The summed E-state index contributed by atoms with van der Waals surface area (Å²) in [5.74, 6) is 0.189. The number of hydrogen-bond donors (Lipinski definition) is 0. The molecule has 3 heterocycles. The molecule has 0 aromatic carbocycles. The number of amides is 1. The normalized spacial score (nSPS) is 19.8. The predicted molar refractivity (Wildman–Crippen MR) is 71.6 cm³/mol. The van der Waals surface area contributed by atoms with Crippen molar-refractivity contribution in [2.45, 2.75) is 18.9 Å². The molecule has 0 unspecified atom stereocenters. The van der Waals surface area contributed by atoms with E-state index in [1.165, 1.54) is 16.9 Å². The third-order valence-electron chi connectivity index (χ3n) is 3.17. The summed E-state index contributed by atoms with van der Waals surface area (Å²) < 4.78 is 0. The maximum Gasteiger partial charge on any atom is 0.264 e. The van der Waals surface area contributed by atoms with Crippen molar-refractivity contribution in [3.8, 4) is 0 Å². The van der Waals surface area contributed by atoms with Crippen molar-refractivity contribution in [2.24, 2.45) is 0 Å². The minimum Gasteiger partial charge on any atom is -0.331 e. The van der Waals surface area contributed by atoms with Crippen molar-refractivity contribution in [2.75, 3.05) is 6.54 Å². The van der Waals surface area contributed by atoms with E-state index < -0.39 is 0 Å². The lowest BCUT2D eigenvalue weighted by atomic mass is 10.1. The molecule has 0 radical (unpaired) electrons. The molecule has 2 aromatic rings. The summed E-state index contributed by atoms with van der Waals surface area (Å²) in [6.45, 7) is 0.886. The van der Waals surface area contributed by atoms with Crippen molar-refractivity contribution in [1.29, 1.82) is 0 Å². The molecule has 1 aliphatic rings. The van der Waals surface area contributed by atoms with Gasteiger partial charge in [0.05, 0.1) is 10.9 Å². The lowest BCUT2D eigenvalue weighted by molar-refractivity contribution is 0.0741. The molecule has 4 heteroatoms. The van der Waals surface area contributed by atoms with Crippen LogP contribution in [0.2, 0.25) is 0 Å². The number of rotatable bonds is 2. The van der Waals surface area contributed by atoms with E-state index in [4.69, 9.17) is 0 Å². The summed E-state index contributed by atoms with van der Waals surface area (Å²) in [5.41, 5.74) is 1.29. The number of likely N-dealkylation sites (tertiary alicyclic amines) is 1. The van der Waals surface area contributed by atoms with E-state index in [2.05, 4.69) is 16.8 Å². The van der Waals surface area contributed by atoms with Crippen LogP contribution in [0.1, 0.15) is 34.1 Å². The van der Waals surface area contributed by atoms with E-state index in [-0.39, 0.29) is 11.9 Å². The lowest BCUT2D eigenvalue weighted by Crippen LogP contribution is -2.29. The first-order valence-electron chi connectivity index (χ1n) is 5.73. The van der Waals surface area contributed by atoms with Crippen LogP contribution in [0.3, 0.4) is 0 Å². The standard InChI is InChI=1S/C13H13NOS2/c15-13(12-4-2-7-17-12)14-6-1-3-11(14)10-5-8-16-9-10/h2,4-5,7-9,11H,1,3,6H2/t11-/m1/s1. The molecular weight excluding hydrogens is 250 g/mol. The molecule has 0 bridgehead atoms. The summed E-state index contributed by atoms with van der Waals surface area (Å²) in [4.78, 5) is 15.2. The highest BCUT2D eigenvalue weighted by Gasteiger charge is 2.30. The van der Waals surface area contributed by atoms with Crippen LogP contribution in [0.25, 0.3) is 0 Å². The maximum absolute atomic E-state index is 12.4. The Morgan fingerprint density at radius 3 is 3.00 bits per heavy atom. The fraction of sp³-hybridized carbons (Fsp3) is 0.308. The smallest absolute Gasteiger partial charge is 0.264 e. The minimum atomic E-state index is 0.189. The van der Waals surface area contributed by atoms with Gasteiger partial charge in [0.15, 0.2) is 0 Å². The summed E-state index contributed by atoms with van der Waals surface area (Å²) >= 11 is 3.23. The van der Waals surface area contributed by atoms with Crippen LogP contribution in [-0.2, 0) is 0 Å². The van der Waals surface area contributed by atoms with Gasteiger partial charge in [-0.05, 0) is 46.7 Å². The maximum atomic E-state index is 12.4. The van der Waals surface area contributed by atoms with Gasteiger partial charge in [-0.1, -0.05) is 6.07 Å². The number of nitrogens with zero attached hydrogens (tertiary/aromatic N) is 1. The molecule has 2 aromatic heterocycles. The molecule has 1 aliphatic heterocycles. The summed E-state index contributed by atoms with van der Waals surface area (Å²) in [6.07, 6.45) is 2.20. The molecule has 17 heavy (non-hydrogen) atoms. The predicted octanol–water partition coefficient (Wildman–Crippen LogP) is 3.79. The highest BCUT2D eigenvalue weighted by molar-refractivity contribution is 7.12. The van der Waals surface area contributed by atoms with E-state index in [1.807, 2.05) is 22.4 Å². The van der Waals surface area contributed by atoms with E-state index in [0.717, 1.165) is 24.3 Å². The fourth-order valence-electron chi connectivity index (χ4n) is 2.36. The van der Waals surface area contributed by atoms with Crippen LogP contribution in [0, 0.1) is 0 Å². The molecule has 1 fully saturated rings. The Labute approximate surface area is 109 Å². The monoisotopic (exact) mass is 263 g/mol. The fourth-order valence-corrected chi connectivity index (χ4v) is 3.75. The summed E-state index contributed by atoms with van der Waals surface area (Å²) in [5, 5.41) is 6.20. The van der Waals surface area contributed by atoms with E-state index in [0.29, 0.717) is 0 Å². The van der Waals surface area contributed by atoms with Crippen LogP contribution in [0.4, 0.5) is 0 Å². The molecule has 1 amide bonds. The first-order chi connectivity index (χ1) is 8.36. The van der Waals surface area contributed by atoms with Gasteiger partial charge in [0.1, 0.15) is 0 Å². The number of carbonyl (C=O) groups is 1. The zero-order valence-corrected chi connectivity index (χ0v) is 11.0. The average Bonchev–Trinajstić information content (AvgIpc) is 3.09. The second kappa shape index (κ2) is 4.63. The molecule has 0 aliphatic carbocycles. The van der Waals surface area contributed by atoms with Crippen molar-refractivity contribution < 1.29 is 4.79 Å². The second-order valence-corrected chi connectivity index (χ2v) is 5.92. The zero-order valence-electron chi connectivity index (χ0n) is 9.33. The molecule has 2 nitrogen and oxygen atoms in total. The Bertz CT molecular complexity index is 489. The van der Waals surface area contributed by atoms with E-state index >= 15 is 0 Å². The number of hydrogen-bond acceptors (Lipinski definition) is 3. The van der Waals surface area contributed by atoms with Crippen molar-refractivity contribution in [3.63, 3.8) is 0 Å². The Morgan fingerprint density at radius 1 is 1.35 bits per heavy atom. The van der Waals surface area contributed by atoms with Gasteiger partial charge in [0.2, 0.25) is 0 Å².